The number of nitrogens with zero attached hydrogens (tertiary/aromatic N) is 4. The summed E-state index contributed by atoms with van der Waals surface area (Å²) in [6, 6.07) is 4.01. The van der Waals surface area contributed by atoms with E-state index in [0.717, 1.165) is 36.2 Å². The molecular weight excluding hydrogens is 398 g/mol. The topological polar surface area (TPSA) is 118 Å². The number of hydrogen-bond acceptors (Lipinski definition) is 7. The largest absolute Gasteiger partial charge is 0.446 e. The van der Waals surface area contributed by atoms with Crippen LogP contribution >= 0.6 is 0 Å². The van der Waals surface area contributed by atoms with Gasteiger partial charge in [0, 0.05) is 42.7 Å². The molecule has 3 N–H and O–H groups in total. The fourth-order valence-corrected chi connectivity index (χ4v) is 3.83. The van der Waals surface area contributed by atoms with Gasteiger partial charge in [-0.05, 0) is 46.1 Å². The maximum absolute atomic E-state index is 11.8. The van der Waals surface area contributed by atoms with Crippen molar-refractivity contribution in [3.05, 3.63) is 35.9 Å². The van der Waals surface area contributed by atoms with E-state index in [1.165, 1.54) is 0 Å². The highest BCUT2D eigenvalue weighted by molar-refractivity contribution is 5.72. The third kappa shape index (κ3) is 5.13. The summed E-state index contributed by atoms with van der Waals surface area (Å²) < 4.78 is 12.8. The molecule has 0 unspecified atom stereocenters. The molecule has 0 bridgehead atoms. The highest BCUT2D eigenvalue weighted by Crippen LogP contribution is 2.36. The van der Waals surface area contributed by atoms with Gasteiger partial charge in [0.05, 0.1) is 12.3 Å². The van der Waals surface area contributed by atoms with Crippen molar-refractivity contribution in [1.29, 1.82) is 0 Å². The van der Waals surface area contributed by atoms with Crippen LogP contribution in [0.3, 0.4) is 0 Å². The Morgan fingerprint density at radius 2 is 2.23 bits per heavy atom. The molecule has 31 heavy (non-hydrogen) atoms. The van der Waals surface area contributed by atoms with E-state index in [4.69, 9.17) is 9.47 Å². The molecule has 3 heterocycles. The first-order valence-electron chi connectivity index (χ1n) is 10.7. The first-order chi connectivity index (χ1) is 15.0. The van der Waals surface area contributed by atoms with Gasteiger partial charge in [-0.3, -0.25) is 5.10 Å². The van der Waals surface area contributed by atoms with Crippen LogP contribution in [0, 0.1) is 0 Å². The van der Waals surface area contributed by atoms with Gasteiger partial charge in [-0.1, -0.05) is 0 Å². The second kappa shape index (κ2) is 9.34. The molecule has 4 rings (SSSR count). The average molecular weight is 428 g/mol. The Labute approximate surface area is 180 Å². The van der Waals surface area contributed by atoms with Crippen molar-refractivity contribution in [3.8, 4) is 0 Å². The van der Waals surface area contributed by atoms with Gasteiger partial charge in [-0.2, -0.15) is 10.2 Å². The average Bonchev–Trinajstić information content (AvgIpc) is 3.45. The lowest BCUT2D eigenvalue weighted by atomic mass is 10.0. The number of carbonyl (C=O) groups excluding carboxylic acids is 1. The van der Waals surface area contributed by atoms with Crippen molar-refractivity contribution in [2.45, 2.75) is 64.7 Å². The van der Waals surface area contributed by atoms with Crippen LogP contribution in [0.15, 0.2) is 24.5 Å². The predicted octanol–water partition coefficient (Wildman–Crippen LogP) is 3.50. The van der Waals surface area contributed by atoms with E-state index < -0.39 is 0 Å². The Kier molecular flexibility index (Phi) is 6.36. The smallest absolute Gasteiger partial charge is 0.407 e. The van der Waals surface area contributed by atoms with Crippen LogP contribution < -0.4 is 10.6 Å². The number of fused-ring (bicyclic) bond motifs is 1. The van der Waals surface area contributed by atoms with Gasteiger partial charge in [-0.15, -0.1) is 0 Å². The van der Waals surface area contributed by atoms with Crippen LogP contribution in [0.25, 0.3) is 5.52 Å². The zero-order valence-corrected chi connectivity index (χ0v) is 18.1. The molecule has 1 amide bonds. The van der Waals surface area contributed by atoms with Gasteiger partial charge in [-0.25, -0.2) is 14.3 Å². The van der Waals surface area contributed by atoms with E-state index in [9.17, 15) is 4.79 Å². The summed E-state index contributed by atoms with van der Waals surface area (Å²) in [5.41, 5.74) is 2.72. The number of aromatic nitrogens is 5. The standard InChI is InChI=1S/C21H29N7O3/c1-4-30-12-15-10-18-20(22-7-8-28(18)27-15)24-19-11-17(25-26-19)14-5-6-16(9-14)31-21(29)23-13(2)3/h7-8,10-11,13-14,16H,4-6,9,12H2,1-3H3,(H,23,29)(H2,22,24,25,26)/t14-,16+/m0/s1. The van der Waals surface area contributed by atoms with Crippen LogP contribution in [-0.2, 0) is 16.1 Å². The molecule has 1 aliphatic rings. The van der Waals surface area contributed by atoms with Crippen molar-refractivity contribution in [3.63, 3.8) is 0 Å². The van der Waals surface area contributed by atoms with Crippen LogP contribution in [-0.4, -0.2) is 49.6 Å². The van der Waals surface area contributed by atoms with E-state index in [1.54, 1.807) is 16.9 Å². The number of carbonyl (C=O) groups is 1. The highest BCUT2D eigenvalue weighted by atomic mass is 16.6. The normalized spacial score (nSPS) is 18.6. The molecule has 0 aromatic carbocycles. The van der Waals surface area contributed by atoms with Crippen molar-refractivity contribution < 1.29 is 14.3 Å². The molecule has 0 radical (unpaired) electrons. The lowest BCUT2D eigenvalue weighted by Gasteiger charge is -2.14. The molecule has 0 aliphatic heterocycles. The number of hydrogen-bond donors (Lipinski definition) is 3. The van der Waals surface area contributed by atoms with Crippen molar-refractivity contribution in [2.75, 3.05) is 11.9 Å². The van der Waals surface area contributed by atoms with Gasteiger partial charge in [0.2, 0.25) is 0 Å². The van der Waals surface area contributed by atoms with Crippen molar-refractivity contribution in [2.24, 2.45) is 0 Å². The van der Waals surface area contributed by atoms with Gasteiger partial charge >= 0.3 is 6.09 Å². The molecule has 3 aromatic rings. The summed E-state index contributed by atoms with van der Waals surface area (Å²) >= 11 is 0. The minimum absolute atomic E-state index is 0.0649. The maximum atomic E-state index is 11.8. The van der Waals surface area contributed by atoms with Crippen LogP contribution in [0.1, 0.15) is 57.3 Å². The Morgan fingerprint density at radius 3 is 3.03 bits per heavy atom. The zero-order chi connectivity index (χ0) is 21.8. The fourth-order valence-electron chi connectivity index (χ4n) is 3.83. The molecular formula is C21H29N7O3. The number of nitrogens with one attached hydrogen (secondary N) is 3. The summed E-state index contributed by atoms with van der Waals surface area (Å²) in [7, 11) is 0. The van der Waals surface area contributed by atoms with Crippen LogP contribution in [0.2, 0.25) is 0 Å². The SMILES string of the molecule is CCOCc1cc2c(Nc3cc([C@H]4CC[C@@H](OC(=O)NC(C)C)C4)[nH]n3)nccn2n1. The lowest BCUT2D eigenvalue weighted by Crippen LogP contribution is -2.33. The van der Waals surface area contributed by atoms with E-state index in [2.05, 4.69) is 30.9 Å². The third-order valence-electron chi connectivity index (χ3n) is 5.24. The van der Waals surface area contributed by atoms with E-state index in [1.807, 2.05) is 32.9 Å². The van der Waals surface area contributed by atoms with Gasteiger partial charge in [0.1, 0.15) is 11.6 Å². The Bertz CT molecular complexity index is 1030. The summed E-state index contributed by atoms with van der Waals surface area (Å²) in [6.45, 7) is 6.89. The fraction of sp³-hybridized carbons (Fsp3) is 0.524. The summed E-state index contributed by atoms with van der Waals surface area (Å²) in [6.07, 6.45) is 5.65. The molecule has 3 aromatic heterocycles. The van der Waals surface area contributed by atoms with Crippen LogP contribution in [0.5, 0.6) is 0 Å². The number of H-pyrrole nitrogens is 1. The van der Waals surface area contributed by atoms with Gasteiger partial charge < -0.3 is 20.1 Å². The summed E-state index contributed by atoms with van der Waals surface area (Å²) in [5, 5.41) is 18.1. The monoisotopic (exact) mass is 427 g/mol. The molecule has 166 valence electrons. The second-order valence-electron chi connectivity index (χ2n) is 8.05. The molecule has 1 fully saturated rings. The van der Waals surface area contributed by atoms with Crippen molar-refractivity contribution in [1.82, 2.24) is 30.1 Å². The number of anilines is 2. The Balaban J connectivity index is 1.40. The first-order valence-corrected chi connectivity index (χ1v) is 10.7. The minimum Gasteiger partial charge on any atom is -0.446 e. The Morgan fingerprint density at radius 1 is 1.35 bits per heavy atom. The molecule has 1 aliphatic carbocycles. The number of aromatic amines is 1. The number of rotatable bonds is 8. The predicted molar refractivity (Wildman–Crippen MR) is 115 cm³/mol. The minimum atomic E-state index is -0.351. The van der Waals surface area contributed by atoms with E-state index in [-0.39, 0.29) is 24.2 Å². The maximum Gasteiger partial charge on any atom is 0.407 e. The Hall–Kier alpha value is -3.14. The van der Waals surface area contributed by atoms with Crippen molar-refractivity contribution >= 4 is 23.2 Å². The van der Waals surface area contributed by atoms with Crippen LogP contribution in [0.4, 0.5) is 16.4 Å². The zero-order valence-electron chi connectivity index (χ0n) is 18.1. The summed E-state index contributed by atoms with van der Waals surface area (Å²) in [4.78, 5) is 16.3. The molecule has 1 saturated carbocycles. The molecule has 10 heteroatoms. The first kappa shape index (κ1) is 21.1. The lowest BCUT2D eigenvalue weighted by molar-refractivity contribution is 0.0981. The third-order valence-corrected chi connectivity index (χ3v) is 5.24. The molecule has 10 nitrogen and oxygen atoms in total. The second-order valence-corrected chi connectivity index (χ2v) is 8.05. The summed E-state index contributed by atoms with van der Waals surface area (Å²) in [5.74, 6) is 1.63. The number of amides is 1. The molecule has 2 atom stereocenters. The quantitative estimate of drug-likeness (QED) is 0.503. The number of alkyl carbamates (subject to hydrolysis) is 1. The molecule has 0 spiro atoms. The van der Waals surface area contributed by atoms with Gasteiger partial charge in [0.25, 0.3) is 0 Å². The van der Waals surface area contributed by atoms with Gasteiger partial charge in [0.15, 0.2) is 11.6 Å². The van der Waals surface area contributed by atoms with E-state index in [0.29, 0.717) is 24.8 Å². The van der Waals surface area contributed by atoms with E-state index >= 15 is 0 Å². The molecule has 0 saturated heterocycles. The number of ether oxygens (including phenoxy) is 2. The highest BCUT2D eigenvalue weighted by Gasteiger charge is 2.30.